The molecule has 0 amide bonds. The SMILES string of the molecule is O=c1c(Cl)c(NC[C@H]([C@@H]2CCOC2)N2CCOCC2)cnn1Cc1ccccc1. The van der Waals surface area contributed by atoms with Crippen LogP contribution in [0.5, 0.6) is 0 Å². The molecule has 2 fully saturated rings. The minimum Gasteiger partial charge on any atom is -0.381 e. The van der Waals surface area contributed by atoms with Gasteiger partial charge in [0.25, 0.3) is 5.56 Å². The van der Waals surface area contributed by atoms with Crippen molar-refractivity contribution in [1.82, 2.24) is 14.7 Å². The number of morpholine rings is 1. The Hall–Kier alpha value is -1.93. The fourth-order valence-corrected chi connectivity index (χ4v) is 4.24. The highest BCUT2D eigenvalue weighted by Gasteiger charge is 2.31. The van der Waals surface area contributed by atoms with Crippen LogP contribution in [-0.2, 0) is 16.0 Å². The molecule has 0 unspecified atom stereocenters. The number of nitrogens with zero attached hydrogens (tertiary/aromatic N) is 3. The molecule has 3 heterocycles. The third-order valence-electron chi connectivity index (χ3n) is 5.69. The molecule has 2 atom stereocenters. The highest BCUT2D eigenvalue weighted by atomic mass is 35.5. The third kappa shape index (κ3) is 4.98. The summed E-state index contributed by atoms with van der Waals surface area (Å²) in [4.78, 5) is 15.1. The molecule has 2 saturated heterocycles. The number of ether oxygens (including phenoxy) is 2. The second kappa shape index (κ2) is 9.71. The lowest BCUT2D eigenvalue weighted by molar-refractivity contribution is 0.00461. The molecule has 2 aliphatic rings. The molecule has 29 heavy (non-hydrogen) atoms. The maximum Gasteiger partial charge on any atom is 0.287 e. The number of benzene rings is 1. The summed E-state index contributed by atoms with van der Waals surface area (Å²) < 4.78 is 12.5. The largest absolute Gasteiger partial charge is 0.381 e. The summed E-state index contributed by atoms with van der Waals surface area (Å²) in [5.74, 6) is 0.464. The van der Waals surface area contributed by atoms with Gasteiger partial charge in [0, 0.05) is 38.2 Å². The Balaban J connectivity index is 1.46. The molecule has 7 nitrogen and oxygen atoms in total. The molecule has 0 spiro atoms. The third-order valence-corrected chi connectivity index (χ3v) is 6.05. The van der Waals surface area contributed by atoms with Crippen LogP contribution in [0.2, 0.25) is 5.02 Å². The maximum atomic E-state index is 12.7. The van der Waals surface area contributed by atoms with Crippen molar-refractivity contribution < 1.29 is 9.47 Å². The standard InChI is InChI=1S/C21H27ClN4O3/c22-20-18(12-24-26(21(20)27)14-16-4-2-1-3-5-16)23-13-19(17-6-9-29-15-17)25-7-10-28-11-8-25/h1-5,12,17,19,23H,6-11,13-15H2/t17-,19-/m1/s1. The van der Waals surface area contributed by atoms with Crippen molar-refractivity contribution in [2.75, 3.05) is 51.4 Å². The summed E-state index contributed by atoms with van der Waals surface area (Å²) in [6.45, 7) is 6.00. The Morgan fingerprint density at radius 2 is 1.97 bits per heavy atom. The molecular formula is C21H27ClN4O3. The van der Waals surface area contributed by atoms with E-state index in [1.807, 2.05) is 30.3 Å². The first-order valence-electron chi connectivity index (χ1n) is 10.2. The van der Waals surface area contributed by atoms with E-state index >= 15 is 0 Å². The lowest BCUT2D eigenvalue weighted by Gasteiger charge is -2.37. The molecule has 2 aromatic rings. The van der Waals surface area contributed by atoms with E-state index in [1.54, 1.807) is 6.20 Å². The molecule has 0 saturated carbocycles. The van der Waals surface area contributed by atoms with E-state index in [0.29, 0.717) is 30.7 Å². The summed E-state index contributed by atoms with van der Waals surface area (Å²) in [5.41, 5.74) is 1.30. The topological polar surface area (TPSA) is 68.6 Å². The smallest absolute Gasteiger partial charge is 0.287 e. The minimum atomic E-state index is -0.285. The first kappa shape index (κ1) is 20.3. The van der Waals surface area contributed by atoms with Crippen molar-refractivity contribution in [2.45, 2.75) is 19.0 Å². The Morgan fingerprint density at radius 1 is 1.17 bits per heavy atom. The number of aromatic nitrogens is 2. The van der Waals surface area contributed by atoms with Gasteiger partial charge < -0.3 is 14.8 Å². The zero-order chi connectivity index (χ0) is 20.1. The average Bonchev–Trinajstić information content (AvgIpc) is 3.29. The van der Waals surface area contributed by atoms with Gasteiger partial charge in [0.2, 0.25) is 0 Å². The predicted octanol–water partition coefficient (Wildman–Crippen LogP) is 2.09. The van der Waals surface area contributed by atoms with Gasteiger partial charge in [0.1, 0.15) is 5.02 Å². The maximum absolute atomic E-state index is 12.7. The molecule has 8 heteroatoms. The monoisotopic (exact) mass is 418 g/mol. The summed E-state index contributed by atoms with van der Waals surface area (Å²) >= 11 is 6.40. The van der Waals surface area contributed by atoms with Crippen LogP contribution in [0.1, 0.15) is 12.0 Å². The van der Waals surface area contributed by atoms with E-state index in [1.165, 1.54) is 4.68 Å². The zero-order valence-electron chi connectivity index (χ0n) is 16.4. The Labute approximate surface area is 175 Å². The van der Waals surface area contributed by atoms with E-state index in [4.69, 9.17) is 21.1 Å². The first-order chi connectivity index (χ1) is 14.2. The normalized spacial score (nSPS) is 21.2. The van der Waals surface area contributed by atoms with Gasteiger partial charge in [-0.05, 0) is 12.0 Å². The van der Waals surface area contributed by atoms with Gasteiger partial charge in [0.05, 0.1) is 38.2 Å². The number of hydrogen-bond acceptors (Lipinski definition) is 6. The second-order valence-electron chi connectivity index (χ2n) is 7.54. The highest BCUT2D eigenvalue weighted by molar-refractivity contribution is 6.32. The van der Waals surface area contributed by atoms with Crippen LogP contribution in [0.4, 0.5) is 5.69 Å². The summed E-state index contributed by atoms with van der Waals surface area (Å²) in [5, 5.41) is 7.87. The van der Waals surface area contributed by atoms with Crippen LogP contribution in [0, 0.1) is 5.92 Å². The van der Waals surface area contributed by atoms with Crippen molar-refractivity contribution in [1.29, 1.82) is 0 Å². The van der Waals surface area contributed by atoms with Gasteiger partial charge in [-0.1, -0.05) is 41.9 Å². The molecule has 1 aromatic heterocycles. The lowest BCUT2D eigenvalue weighted by Crippen LogP contribution is -2.50. The van der Waals surface area contributed by atoms with E-state index in [0.717, 1.165) is 51.5 Å². The zero-order valence-corrected chi connectivity index (χ0v) is 17.2. The average molecular weight is 419 g/mol. The van der Waals surface area contributed by atoms with Gasteiger partial charge >= 0.3 is 0 Å². The van der Waals surface area contributed by atoms with E-state index in [9.17, 15) is 4.79 Å². The summed E-state index contributed by atoms with van der Waals surface area (Å²) in [7, 11) is 0. The molecule has 1 N–H and O–H groups in total. The minimum absolute atomic E-state index is 0.180. The van der Waals surface area contributed by atoms with Crippen LogP contribution in [0.15, 0.2) is 41.3 Å². The van der Waals surface area contributed by atoms with Crippen molar-refractivity contribution in [3.63, 3.8) is 0 Å². The van der Waals surface area contributed by atoms with Crippen molar-refractivity contribution in [3.05, 3.63) is 57.5 Å². The number of nitrogens with one attached hydrogen (secondary N) is 1. The van der Waals surface area contributed by atoms with Crippen molar-refractivity contribution >= 4 is 17.3 Å². The van der Waals surface area contributed by atoms with Crippen LogP contribution in [-0.4, -0.2) is 66.8 Å². The molecule has 156 valence electrons. The van der Waals surface area contributed by atoms with E-state index in [-0.39, 0.29) is 10.6 Å². The molecule has 4 rings (SSSR count). The van der Waals surface area contributed by atoms with Gasteiger partial charge in [-0.25, -0.2) is 4.68 Å². The number of anilines is 1. The van der Waals surface area contributed by atoms with Crippen molar-refractivity contribution in [3.8, 4) is 0 Å². The van der Waals surface area contributed by atoms with Gasteiger partial charge in [-0.3, -0.25) is 9.69 Å². The summed E-state index contributed by atoms with van der Waals surface area (Å²) in [6.07, 6.45) is 2.70. The molecule has 0 aliphatic carbocycles. The quantitative estimate of drug-likeness (QED) is 0.742. The molecule has 2 aliphatic heterocycles. The van der Waals surface area contributed by atoms with E-state index in [2.05, 4.69) is 15.3 Å². The lowest BCUT2D eigenvalue weighted by atomic mass is 9.97. The predicted molar refractivity (Wildman–Crippen MR) is 113 cm³/mol. The second-order valence-corrected chi connectivity index (χ2v) is 7.92. The highest BCUT2D eigenvalue weighted by Crippen LogP contribution is 2.24. The summed E-state index contributed by atoms with van der Waals surface area (Å²) in [6, 6.07) is 10.1. The molecule has 1 aromatic carbocycles. The molecular weight excluding hydrogens is 392 g/mol. The first-order valence-corrected chi connectivity index (χ1v) is 10.5. The van der Waals surface area contributed by atoms with Crippen LogP contribution in [0.25, 0.3) is 0 Å². The van der Waals surface area contributed by atoms with Gasteiger partial charge in [-0.15, -0.1) is 0 Å². The number of rotatable bonds is 7. The Morgan fingerprint density at radius 3 is 2.69 bits per heavy atom. The number of halogens is 1. The van der Waals surface area contributed by atoms with E-state index < -0.39 is 0 Å². The van der Waals surface area contributed by atoms with Crippen LogP contribution in [0.3, 0.4) is 0 Å². The number of hydrogen-bond donors (Lipinski definition) is 1. The van der Waals surface area contributed by atoms with Gasteiger partial charge in [0.15, 0.2) is 0 Å². The Kier molecular flexibility index (Phi) is 6.82. The van der Waals surface area contributed by atoms with Crippen molar-refractivity contribution in [2.24, 2.45) is 5.92 Å². The molecule has 0 bridgehead atoms. The van der Waals surface area contributed by atoms with Crippen LogP contribution < -0.4 is 10.9 Å². The fourth-order valence-electron chi connectivity index (χ4n) is 4.03. The van der Waals surface area contributed by atoms with Crippen LogP contribution >= 0.6 is 11.6 Å². The fraction of sp³-hybridized carbons (Fsp3) is 0.524. The Bertz CT molecular complexity index is 849. The van der Waals surface area contributed by atoms with Gasteiger partial charge in [-0.2, -0.15) is 5.10 Å². The molecule has 0 radical (unpaired) electrons.